The van der Waals surface area contributed by atoms with Crippen molar-refractivity contribution < 1.29 is 27.9 Å². The van der Waals surface area contributed by atoms with Crippen molar-refractivity contribution in [2.45, 2.75) is 62.8 Å². The normalized spacial score (nSPS) is 35.6. The van der Waals surface area contributed by atoms with E-state index in [2.05, 4.69) is 0 Å². The number of fused-ring (bicyclic) bond motifs is 1. The van der Waals surface area contributed by atoms with Gasteiger partial charge in [-0.1, -0.05) is 12.8 Å². The van der Waals surface area contributed by atoms with Gasteiger partial charge in [0.25, 0.3) is 0 Å². The predicted octanol–water partition coefficient (Wildman–Crippen LogP) is 1.87. The maximum absolute atomic E-state index is 12.6. The van der Waals surface area contributed by atoms with Gasteiger partial charge in [0.05, 0.1) is 6.04 Å². The number of halogens is 3. The molecule has 0 radical (unpaired) electrons. The highest BCUT2D eigenvalue weighted by molar-refractivity contribution is 5.85. The van der Waals surface area contributed by atoms with Gasteiger partial charge in [-0.25, -0.2) is 0 Å². The molecule has 8 heteroatoms. The lowest BCUT2D eigenvalue weighted by atomic mass is 9.84. The van der Waals surface area contributed by atoms with Gasteiger partial charge in [0.2, 0.25) is 5.91 Å². The molecule has 1 amide bonds. The van der Waals surface area contributed by atoms with Crippen molar-refractivity contribution in [3.63, 3.8) is 0 Å². The van der Waals surface area contributed by atoms with Crippen molar-refractivity contribution in [2.24, 2.45) is 5.92 Å². The molecule has 0 aromatic rings. The number of carbonyl (C=O) groups excluding carboxylic acids is 1. The molecule has 1 aliphatic carbocycles. The Balaban J connectivity index is 1.78. The monoisotopic (exact) mass is 334 g/mol. The first kappa shape index (κ1) is 16.5. The van der Waals surface area contributed by atoms with E-state index in [1.54, 1.807) is 4.90 Å². The van der Waals surface area contributed by atoms with Gasteiger partial charge in [0.1, 0.15) is 12.6 Å². The Kier molecular flexibility index (Phi) is 4.29. The summed E-state index contributed by atoms with van der Waals surface area (Å²) < 4.78 is 37.7. The molecule has 23 heavy (non-hydrogen) atoms. The smallest absolute Gasteiger partial charge is 0.406 e. The average Bonchev–Trinajstić information content (AvgIpc) is 2.99. The SMILES string of the molecule is O=C(O)C1CC2CCCCC2N1C1CCN(CC(F)(F)F)C1=O. The fraction of sp³-hybridized carbons (Fsp3) is 0.867. The molecule has 3 fully saturated rings. The van der Waals surface area contributed by atoms with Crippen LogP contribution >= 0.6 is 0 Å². The number of carbonyl (C=O) groups is 2. The van der Waals surface area contributed by atoms with E-state index < -0.39 is 36.7 Å². The van der Waals surface area contributed by atoms with Gasteiger partial charge in [-0.15, -0.1) is 0 Å². The van der Waals surface area contributed by atoms with E-state index in [0.29, 0.717) is 6.42 Å². The molecule has 130 valence electrons. The maximum Gasteiger partial charge on any atom is 0.406 e. The summed E-state index contributed by atoms with van der Waals surface area (Å²) in [5.41, 5.74) is 0. The molecular formula is C15H21F3N2O3. The minimum atomic E-state index is -4.42. The molecule has 2 saturated heterocycles. The molecule has 0 bridgehead atoms. The Morgan fingerprint density at radius 3 is 2.57 bits per heavy atom. The number of hydrogen-bond acceptors (Lipinski definition) is 3. The quantitative estimate of drug-likeness (QED) is 0.856. The highest BCUT2D eigenvalue weighted by Crippen LogP contribution is 2.42. The largest absolute Gasteiger partial charge is 0.480 e. The summed E-state index contributed by atoms with van der Waals surface area (Å²) >= 11 is 0. The molecule has 0 spiro atoms. The van der Waals surface area contributed by atoms with E-state index in [1.807, 2.05) is 0 Å². The highest BCUT2D eigenvalue weighted by atomic mass is 19.4. The molecule has 1 saturated carbocycles. The van der Waals surface area contributed by atoms with Crippen LogP contribution in [0, 0.1) is 5.92 Å². The summed E-state index contributed by atoms with van der Waals surface area (Å²) in [6.45, 7) is -1.20. The Bertz CT molecular complexity index is 497. The molecule has 2 heterocycles. The third-order valence-electron chi connectivity index (χ3n) is 5.42. The lowest BCUT2D eigenvalue weighted by molar-refractivity contribution is -0.160. The number of likely N-dealkylation sites (tertiary alicyclic amines) is 2. The molecule has 1 N–H and O–H groups in total. The van der Waals surface area contributed by atoms with E-state index in [9.17, 15) is 27.9 Å². The second-order valence-corrected chi connectivity index (χ2v) is 6.83. The van der Waals surface area contributed by atoms with Gasteiger partial charge in [-0.2, -0.15) is 13.2 Å². The van der Waals surface area contributed by atoms with Crippen LogP contribution in [0.2, 0.25) is 0 Å². The van der Waals surface area contributed by atoms with E-state index in [1.165, 1.54) is 0 Å². The van der Waals surface area contributed by atoms with Crippen LogP contribution in [0.4, 0.5) is 13.2 Å². The summed E-state index contributed by atoms with van der Waals surface area (Å²) in [5.74, 6) is -1.30. The first-order valence-electron chi connectivity index (χ1n) is 8.13. The molecule has 3 rings (SSSR count). The fourth-order valence-electron chi connectivity index (χ4n) is 4.54. The summed E-state index contributed by atoms with van der Waals surface area (Å²) in [6.07, 6.45) is 0.174. The van der Waals surface area contributed by atoms with Crippen LogP contribution in [-0.4, -0.2) is 64.2 Å². The Hall–Kier alpha value is -1.31. The number of rotatable bonds is 3. The fourth-order valence-corrected chi connectivity index (χ4v) is 4.54. The molecule has 5 nitrogen and oxygen atoms in total. The van der Waals surface area contributed by atoms with E-state index in [0.717, 1.165) is 30.6 Å². The molecule has 2 aliphatic heterocycles. The molecular weight excluding hydrogens is 313 g/mol. The van der Waals surface area contributed by atoms with Gasteiger partial charge in [-0.3, -0.25) is 14.5 Å². The average molecular weight is 334 g/mol. The zero-order chi connectivity index (χ0) is 16.8. The van der Waals surface area contributed by atoms with Crippen LogP contribution in [-0.2, 0) is 9.59 Å². The minimum Gasteiger partial charge on any atom is -0.480 e. The van der Waals surface area contributed by atoms with E-state index >= 15 is 0 Å². The van der Waals surface area contributed by atoms with Crippen LogP contribution < -0.4 is 0 Å². The lowest BCUT2D eigenvalue weighted by Gasteiger charge is -2.36. The predicted molar refractivity (Wildman–Crippen MR) is 74.7 cm³/mol. The topological polar surface area (TPSA) is 60.9 Å². The third-order valence-corrected chi connectivity index (χ3v) is 5.42. The first-order valence-corrected chi connectivity index (χ1v) is 8.13. The number of nitrogens with zero attached hydrogens (tertiary/aromatic N) is 2. The van der Waals surface area contributed by atoms with Crippen LogP contribution in [0.15, 0.2) is 0 Å². The summed E-state index contributed by atoms with van der Waals surface area (Å²) in [5, 5.41) is 9.48. The van der Waals surface area contributed by atoms with Gasteiger partial charge in [0, 0.05) is 12.6 Å². The molecule has 0 aromatic heterocycles. The van der Waals surface area contributed by atoms with Gasteiger partial charge in [-0.05, 0) is 31.6 Å². The number of aliphatic carboxylic acids is 1. The van der Waals surface area contributed by atoms with Crippen molar-refractivity contribution in [2.75, 3.05) is 13.1 Å². The number of carboxylic acids is 1. The minimum absolute atomic E-state index is 0.0182. The van der Waals surface area contributed by atoms with Gasteiger partial charge < -0.3 is 10.0 Å². The second kappa shape index (κ2) is 5.96. The van der Waals surface area contributed by atoms with Crippen molar-refractivity contribution in [3.8, 4) is 0 Å². The Morgan fingerprint density at radius 2 is 1.91 bits per heavy atom. The van der Waals surface area contributed by atoms with E-state index in [-0.39, 0.29) is 24.9 Å². The molecule has 4 unspecified atom stereocenters. The molecule has 0 aromatic carbocycles. The third kappa shape index (κ3) is 3.18. The van der Waals surface area contributed by atoms with Crippen molar-refractivity contribution in [3.05, 3.63) is 0 Å². The van der Waals surface area contributed by atoms with Crippen LogP contribution in [0.3, 0.4) is 0 Å². The summed E-state index contributed by atoms with van der Waals surface area (Å²) in [7, 11) is 0. The van der Waals surface area contributed by atoms with Crippen LogP contribution in [0.1, 0.15) is 38.5 Å². The standard InChI is InChI=1S/C15H21F3N2O3/c16-15(17,18)8-19-6-5-11(13(19)21)20-10-4-2-1-3-9(10)7-12(20)14(22)23/h9-12H,1-8H2,(H,22,23). The van der Waals surface area contributed by atoms with Crippen molar-refractivity contribution >= 4 is 11.9 Å². The second-order valence-electron chi connectivity index (χ2n) is 6.83. The molecule has 4 atom stereocenters. The molecule has 3 aliphatic rings. The number of hydrogen-bond donors (Lipinski definition) is 1. The Labute approximate surface area is 132 Å². The van der Waals surface area contributed by atoms with Crippen molar-refractivity contribution in [1.82, 2.24) is 9.80 Å². The van der Waals surface area contributed by atoms with Crippen LogP contribution in [0.25, 0.3) is 0 Å². The zero-order valence-electron chi connectivity index (χ0n) is 12.8. The van der Waals surface area contributed by atoms with E-state index in [4.69, 9.17) is 0 Å². The van der Waals surface area contributed by atoms with Gasteiger partial charge in [0.15, 0.2) is 0 Å². The first-order chi connectivity index (χ1) is 10.8. The number of amides is 1. The Morgan fingerprint density at radius 1 is 1.22 bits per heavy atom. The highest BCUT2D eigenvalue weighted by Gasteiger charge is 2.52. The number of alkyl halides is 3. The number of carboxylic acid groups (broad SMARTS) is 1. The van der Waals surface area contributed by atoms with Gasteiger partial charge >= 0.3 is 12.1 Å². The van der Waals surface area contributed by atoms with Crippen LogP contribution in [0.5, 0.6) is 0 Å². The summed E-state index contributed by atoms with van der Waals surface area (Å²) in [4.78, 5) is 26.5. The lowest BCUT2D eigenvalue weighted by Crippen LogP contribution is -2.52. The maximum atomic E-state index is 12.6. The summed E-state index contributed by atoms with van der Waals surface area (Å²) in [6, 6.07) is -1.45. The zero-order valence-corrected chi connectivity index (χ0v) is 12.8. The van der Waals surface area contributed by atoms with Crippen molar-refractivity contribution in [1.29, 1.82) is 0 Å².